The fraction of sp³-hybridized carbons (Fsp3) is 0.200. The lowest BCUT2D eigenvalue weighted by atomic mass is 10.1. The summed E-state index contributed by atoms with van der Waals surface area (Å²) in [4.78, 5) is 14.3. The first-order chi connectivity index (χ1) is 11.9. The van der Waals surface area contributed by atoms with Gasteiger partial charge < -0.3 is 15.5 Å². The molecule has 0 saturated heterocycles. The molecule has 0 heterocycles. The van der Waals surface area contributed by atoms with E-state index >= 15 is 0 Å². The molecule has 0 unspecified atom stereocenters. The van der Waals surface area contributed by atoms with Gasteiger partial charge in [-0.3, -0.25) is 4.79 Å². The molecule has 0 bridgehead atoms. The van der Waals surface area contributed by atoms with Gasteiger partial charge in [-0.15, -0.1) is 0 Å². The van der Waals surface area contributed by atoms with Crippen LogP contribution in [0.15, 0.2) is 54.2 Å². The number of nitrogens with zero attached hydrogens (tertiary/aromatic N) is 2. The Morgan fingerprint density at radius 1 is 1.12 bits per heavy atom. The van der Waals surface area contributed by atoms with Gasteiger partial charge in [0.1, 0.15) is 11.6 Å². The van der Waals surface area contributed by atoms with Crippen LogP contribution in [-0.4, -0.2) is 20.0 Å². The highest BCUT2D eigenvalue weighted by atomic mass is 16.1. The normalized spacial score (nSPS) is 10.8. The first-order valence-electron chi connectivity index (χ1n) is 7.94. The number of aryl methyl sites for hydroxylation is 1. The summed E-state index contributed by atoms with van der Waals surface area (Å²) in [5.74, 6) is -0.436. The summed E-state index contributed by atoms with van der Waals surface area (Å²) < 4.78 is 0. The minimum absolute atomic E-state index is 0.0117. The van der Waals surface area contributed by atoms with Gasteiger partial charge in [0, 0.05) is 37.4 Å². The number of hydrogen-bond acceptors (Lipinski definition) is 4. The Bertz CT molecular complexity index is 830. The zero-order valence-corrected chi connectivity index (χ0v) is 14.9. The van der Waals surface area contributed by atoms with Crippen LogP contribution in [0.1, 0.15) is 11.1 Å². The SMILES string of the molecule is Cc1cccc(NC(=O)/C(C#N)=C\Nc2ccc(N(C)C)cc2)c1C. The Morgan fingerprint density at radius 2 is 1.80 bits per heavy atom. The molecule has 2 N–H and O–H groups in total. The van der Waals surface area contributed by atoms with Gasteiger partial charge in [-0.25, -0.2) is 0 Å². The maximum absolute atomic E-state index is 12.3. The fourth-order valence-corrected chi connectivity index (χ4v) is 2.24. The van der Waals surface area contributed by atoms with Crippen LogP contribution in [0.3, 0.4) is 0 Å². The van der Waals surface area contributed by atoms with E-state index in [0.717, 1.165) is 22.5 Å². The standard InChI is InChI=1S/C20H22N4O/c1-14-6-5-7-19(15(14)2)23-20(25)16(12-21)13-22-17-8-10-18(11-9-17)24(3)4/h5-11,13,22H,1-4H3,(H,23,25)/b16-13-. The zero-order valence-electron chi connectivity index (χ0n) is 14.9. The maximum Gasteiger partial charge on any atom is 0.267 e. The molecule has 25 heavy (non-hydrogen) atoms. The molecule has 5 heteroatoms. The summed E-state index contributed by atoms with van der Waals surface area (Å²) in [5, 5.41) is 15.0. The largest absolute Gasteiger partial charge is 0.378 e. The van der Waals surface area contributed by atoms with Crippen molar-refractivity contribution in [1.29, 1.82) is 5.26 Å². The molecule has 0 aliphatic carbocycles. The Hall–Kier alpha value is -3.26. The molecule has 0 aliphatic heterocycles. The summed E-state index contributed by atoms with van der Waals surface area (Å²) in [6.07, 6.45) is 1.42. The van der Waals surface area contributed by atoms with E-state index in [1.807, 2.05) is 81.4 Å². The molecule has 0 spiro atoms. The van der Waals surface area contributed by atoms with Crippen LogP contribution in [0.5, 0.6) is 0 Å². The number of benzene rings is 2. The molecule has 2 aromatic carbocycles. The third-order valence-corrected chi connectivity index (χ3v) is 3.98. The van der Waals surface area contributed by atoms with E-state index in [2.05, 4.69) is 10.6 Å². The quantitative estimate of drug-likeness (QED) is 0.644. The number of anilines is 3. The summed E-state index contributed by atoms with van der Waals surface area (Å²) in [6, 6.07) is 15.3. The minimum Gasteiger partial charge on any atom is -0.378 e. The van der Waals surface area contributed by atoms with E-state index in [0.29, 0.717) is 5.69 Å². The first-order valence-corrected chi connectivity index (χ1v) is 7.94. The predicted molar refractivity (Wildman–Crippen MR) is 103 cm³/mol. The van der Waals surface area contributed by atoms with Crippen molar-refractivity contribution in [2.75, 3.05) is 29.6 Å². The molecule has 0 aliphatic rings. The van der Waals surface area contributed by atoms with Crippen LogP contribution in [0, 0.1) is 25.2 Å². The molecular weight excluding hydrogens is 312 g/mol. The van der Waals surface area contributed by atoms with Gasteiger partial charge in [-0.05, 0) is 55.3 Å². The summed E-state index contributed by atoms with van der Waals surface area (Å²) >= 11 is 0. The average molecular weight is 334 g/mol. The molecule has 2 aromatic rings. The van der Waals surface area contributed by atoms with Gasteiger partial charge in [-0.2, -0.15) is 5.26 Å². The van der Waals surface area contributed by atoms with E-state index < -0.39 is 5.91 Å². The van der Waals surface area contributed by atoms with Crippen molar-refractivity contribution >= 4 is 23.0 Å². The smallest absolute Gasteiger partial charge is 0.267 e. The lowest BCUT2D eigenvalue weighted by molar-refractivity contribution is -0.112. The second-order valence-corrected chi connectivity index (χ2v) is 5.96. The van der Waals surface area contributed by atoms with Crippen molar-refractivity contribution in [3.63, 3.8) is 0 Å². The Balaban J connectivity index is 2.10. The van der Waals surface area contributed by atoms with Gasteiger partial charge in [0.2, 0.25) is 0 Å². The van der Waals surface area contributed by atoms with Crippen LogP contribution in [-0.2, 0) is 4.79 Å². The number of hydrogen-bond donors (Lipinski definition) is 2. The molecule has 2 rings (SSSR count). The van der Waals surface area contributed by atoms with Crippen LogP contribution in [0.2, 0.25) is 0 Å². The minimum atomic E-state index is -0.436. The molecule has 0 atom stereocenters. The summed E-state index contributed by atoms with van der Waals surface area (Å²) in [5.41, 5.74) is 4.67. The topological polar surface area (TPSA) is 68.2 Å². The van der Waals surface area contributed by atoms with Crippen LogP contribution < -0.4 is 15.5 Å². The number of nitriles is 1. The summed E-state index contributed by atoms with van der Waals surface area (Å²) in [7, 11) is 3.93. The lowest BCUT2D eigenvalue weighted by Gasteiger charge is -2.12. The van der Waals surface area contributed by atoms with Gasteiger partial charge in [0.15, 0.2) is 0 Å². The number of nitrogens with one attached hydrogen (secondary N) is 2. The molecular formula is C20H22N4O. The van der Waals surface area contributed by atoms with E-state index in [-0.39, 0.29) is 5.57 Å². The highest BCUT2D eigenvalue weighted by molar-refractivity contribution is 6.07. The molecule has 0 aromatic heterocycles. The molecule has 128 valence electrons. The third kappa shape index (κ3) is 4.61. The molecule has 1 amide bonds. The van der Waals surface area contributed by atoms with Crippen LogP contribution in [0.4, 0.5) is 17.1 Å². The fourth-order valence-electron chi connectivity index (χ4n) is 2.24. The van der Waals surface area contributed by atoms with Gasteiger partial charge in [-0.1, -0.05) is 12.1 Å². The predicted octanol–water partition coefficient (Wildman–Crippen LogP) is 3.83. The van der Waals surface area contributed by atoms with Crippen LogP contribution >= 0.6 is 0 Å². The lowest BCUT2D eigenvalue weighted by Crippen LogP contribution is -2.15. The highest BCUT2D eigenvalue weighted by Gasteiger charge is 2.11. The van der Waals surface area contributed by atoms with Gasteiger partial charge in [0.05, 0.1) is 0 Å². The Labute approximate surface area is 148 Å². The van der Waals surface area contributed by atoms with Crippen molar-refractivity contribution in [3.05, 3.63) is 65.4 Å². The maximum atomic E-state index is 12.3. The van der Waals surface area contributed by atoms with E-state index in [1.165, 1.54) is 6.20 Å². The van der Waals surface area contributed by atoms with Gasteiger partial charge >= 0.3 is 0 Å². The highest BCUT2D eigenvalue weighted by Crippen LogP contribution is 2.19. The van der Waals surface area contributed by atoms with Crippen molar-refractivity contribution in [1.82, 2.24) is 0 Å². The number of carbonyl (C=O) groups excluding carboxylic acids is 1. The first kappa shape index (κ1) is 18.1. The number of amides is 1. The molecule has 5 nitrogen and oxygen atoms in total. The van der Waals surface area contributed by atoms with Crippen molar-refractivity contribution in [2.45, 2.75) is 13.8 Å². The van der Waals surface area contributed by atoms with E-state index in [9.17, 15) is 10.1 Å². The van der Waals surface area contributed by atoms with Crippen LogP contribution in [0.25, 0.3) is 0 Å². The Morgan fingerprint density at radius 3 is 2.40 bits per heavy atom. The number of rotatable bonds is 5. The monoisotopic (exact) mass is 334 g/mol. The van der Waals surface area contributed by atoms with Crippen molar-refractivity contribution < 1.29 is 4.79 Å². The molecule has 0 saturated carbocycles. The third-order valence-electron chi connectivity index (χ3n) is 3.98. The van der Waals surface area contributed by atoms with E-state index in [1.54, 1.807) is 0 Å². The number of carbonyl (C=O) groups is 1. The Kier molecular flexibility index (Phi) is 5.80. The van der Waals surface area contributed by atoms with Gasteiger partial charge in [0.25, 0.3) is 5.91 Å². The van der Waals surface area contributed by atoms with Crippen molar-refractivity contribution in [3.8, 4) is 6.07 Å². The molecule has 0 fully saturated rings. The second kappa shape index (κ2) is 8.02. The van der Waals surface area contributed by atoms with E-state index in [4.69, 9.17) is 0 Å². The summed E-state index contributed by atoms with van der Waals surface area (Å²) in [6.45, 7) is 3.91. The van der Waals surface area contributed by atoms with Crippen molar-refractivity contribution in [2.24, 2.45) is 0 Å². The molecule has 0 radical (unpaired) electrons. The average Bonchev–Trinajstić information content (AvgIpc) is 2.60. The zero-order chi connectivity index (χ0) is 18.4. The second-order valence-electron chi connectivity index (χ2n) is 5.96.